The molecule has 1 heterocycles. The Morgan fingerprint density at radius 3 is 2.38 bits per heavy atom. The molecule has 0 unspecified atom stereocenters. The molecule has 0 spiro atoms. The maximum absolute atomic E-state index is 11.9. The Kier molecular flexibility index (Phi) is 11.5. The minimum atomic E-state index is -1.26. The van der Waals surface area contributed by atoms with E-state index in [1.54, 1.807) is 37.3 Å². The number of nitrogens with one attached hydrogen (secondary N) is 1. The summed E-state index contributed by atoms with van der Waals surface area (Å²) in [4.78, 5) is 22.9. The van der Waals surface area contributed by atoms with E-state index in [0.29, 0.717) is 39.2 Å². The van der Waals surface area contributed by atoms with Crippen LogP contribution in [-0.4, -0.2) is 16.2 Å². The number of carboxylic acid groups (broad SMARTS) is 1. The number of halogens is 2. The van der Waals surface area contributed by atoms with Crippen LogP contribution in [0.1, 0.15) is 41.1 Å². The summed E-state index contributed by atoms with van der Waals surface area (Å²) in [6.45, 7) is 7.33. The van der Waals surface area contributed by atoms with Crippen LogP contribution in [0.15, 0.2) is 69.4 Å². The van der Waals surface area contributed by atoms with Crippen molar-refractivity contribution >= 4 is 51.5 Å². The van der Waals surface area contributed by atoms with Crippen LogP contribution >= 0.6 is 23.2 Å². The number of aryl methyl sites for hydroxylation is 2. The smallest absolute Gasteiger partial charge is 0.545 e. The van der Waals surface area contributed by atoms with Gasteiger partial charge in [-0.15, -0.1) is 0 Å². The van der Waals surface area contributed by atoms with Crippen molar-refractivity contribution in [3.63, 3.8) is 0 Å². The number of phenolic OH excluding ortho intramolecular Hbond substituents is 2. The largest absolute Gasteiger partial charge is 1.00 e. The quantitative estimate of drug-likeness (QED) is 0.245. The number of hydrogen-bond acceptors (Lipinski definition) is 7. The van der Waals surface area contributed by atoms with Gasteiger partial charge < -0.3 is 29.8 Å². The molecule has 0 aliphatic carbocycles. The zero-order valence-electron chi connectivity index (χ0n) is 22.2. The maximum Gasteiger partial charge on any atom is 1.00 e. The first-order chi connectivity index (χ1) is 17.9. The monoisotopic (exact) mass is 577 g/mol. The van der Waals surface area contributed by atoms with Gasteiger partial charge in [0.25, 0.3) is 0 Å². The molecule has 0 amide bonds. The van der Waals surface area contributed by atoms with Crippen LogP contribution in [0.25, 0.3) is 11.0 Å². The third-order valence-corrected chi connectivity index (χ3v) is 6.41. The first kappa shape index (κ1) is 32.3. The van der Waals surface area contributed by atoms with Crippen LogP contribution in [0, 0.1) is 13.8 Å². The second kappa shape index (κ2) is 13.9. The van der Waals surface area contributed by atoms with Crippen LogP contribution in [0.3, 0.4) is 0 Å². The molecule has 7 nitrogen and oxygen atoms in total. The molecule has 0 aliphatic rings. The van der Waals surface area contributed by atoms with Crippen LogP contribution < -0.4 is 45.4 Å². The van der Waals surface area contributed by atoms with E-state index in [1.807, 2.05) is 26.8 Å². The normalized spacial score (nSPS) is 10.2. The van der Waals surface area contributed by atoms with E-state index in [-0.39, 0.29) is 63.0 Å². The number of carbonyl (C=O) groups excluding carboxylic acids is 1. The molecule has 0 saturated heterocycles. The number of hydrogen-bond donors (Lipinski definition) is 3. The Bertz CT molecular complexity index is 1610. The number of allylic oxidation sites excluding steroid dienone is 2. The van der Waals surface area contributed by atoms with Crippen molar-refractivity contribution in [1.82, 2.24) is 0 Å². The van der Waals surface area contributed by atoms with E-state index in [1.165, 1.54) is 18.2 Å². The third-order valence-electron chi connectivity index (χ3n) is 5.60. The number of carboxylic acids is 1. The van der Waals surface area contributed by atoms with Crippen LogP contribution in [-0.2, 0) is 6.42 Å². The zero-order valence-corrected chi connectivity index (χ0v) is 25.7. The minimum absolute atomic E-state index is 0. The summed E-state index contributed by atoms with van der Waals surface area (Å²) in [6.07, 6.45) is 2.24. The molecule has 10 heteroatoms. The summed E-state index contributed by atoms with van der Waals surface area (Å²) in [5.41, 5.74) is 3.06. The summed E-state index contributed by atoms with van der Waals surface area (Å²) in [6, 6.07) is 12.6. The first-order valence-corrected chi connectivity index (χ1v) is 12.3. The van der Waals surface area contributed by atoms with Gasteiger partial charge in [0.05, 0.1) is 21.7 Å². The molecule has 0 atom stereocenters. The number of anilines is 2. The molecule has 0 saturated carbocycles. The molecule has 0 fully saturated rings. The molecule has 198 valence electrons. The standard InChI is InChI=1S/C15H16O4.C14H11Cl2NO2.Na/c1-8(2)4-5-10-11(16)7-13-14(15(10)18)12(17)6-9(3)19-13;1-8-6-7-10(15)13(12(8)16)17-11-5-3-2-4-9(11)14(18)19;/h4,6-7,16,18H,5H2,1-3H3;2-7,17H,1H3,(H,18,19);/q;;+1/p-1. The molecule has 4 rings (SSSR count). The van der Waals surface area contributed by atoms with Gasteiger partial charge in [0.1, 0.15) is 28.2 Å². The van der Waals surface area contributed by atoms with Crippen molar-refractivity contribution in [2.24, 2.45) is 0 Å². The fraction of sp³-hybridized carbons (Fsp3) is 0.172. The second-order valence-corrected chi connectivity index (χ2v) is 9.60. The fourth-order valence-corrected chi connectivity index (χ4v) is 4.10. The van der Waals surface area contributed by atoms with Crippen molar-refractivity contribution in [3.05, 3.63) is 103 Å². The Labute approximate surface area is 258 Å². The molecule has 3 N–H and O–H groups in total. The van der Waals surface area contributed by atoms with Crippen molar-refractivity contribution < 1.29 is 54.1 Å². The van der Waals surface area contributed by atoms with Gasteiger partial charge in [-0.2, -0.15) is 0 Å². The number of aromatic carboxylic acids is 1. The number of aromatic hydroxyl groups is 2. The van der Waals surface area contributed by atoms with Crippen LogP contribution in [0.5, 0.6) is 11.5 Å². The van der Waals surface area contributed by atoms with Crippen LogP contribution in [0.2, 0.25) is 10.0 Å². The average Bonchev–Trinajstić information content (AvgIpc) is 2.84. The molecule has 1 aromatic heterocycles. The summed E-state index contributed by atoms with van der Waals surface area (Å²) in [5, 5.41) is 35.1. The minimum Gasteiger partial charge on any atom is -0.545 e. The Hall–Kier alpha value is -2.94. The topological polar surface area (TPSA) is 123 Å². The summed E-state index contributed by atoms with van der Waals surface area (Å²) in [7, 11) is 0. The Morgan fingerprint density at radius 2 is 1.74 bits per heavy atom. The van der Waals surface area contributed by atoms with E-state index >= 15 is 0 Å². The predicted octanol–water partition coefficient (Wildman–Crippen LogP) is 3.43. The van der Waals surface area contributed by atoms with Gasteiger partial charge >= 0.3 is 29.6 Å². The summed E-state index contributed by atoms with van der Waals surface area (Å²) >= 11 is 12.2. The van der Waals surface area contributed by atoms with Gasteiger partial charge in [-0.25, -0.2) is 0 Å². The van der Waals surface area contributed by atoms with Gasteiger partial charge in [-0.1, -0.05) is 59.1 Å². The van der Waals surface area contributed by atoms with Gasteiger partial charge in [0, 0.05) is 28.9 Å². The van der Waals surface area contributed by atoms with Gasteiger partial charge in [0.15, 0.2) is 5.43 Å². The van der Waals surface area contributed by atoms with Crippen molar-refractivity contribution in [2.45, 2.75) is 34.1 Å². The molecule has 4 aromatic rings. The fourth-order valence-electron chi connectivity index (χ4n) is 3.63. The van der Waals surface area contributed by atoms with Crippen molar-refractivity contribution in [3.8, 4) is 11.5 Å². The zero-order chi connectivity index (χ0) is 28.1. The number of rotatable bonds is 5. The van der Waals surface area contributed by atoms with E-state index in [4.69, 9.17) is 27.6 Å². The Morgan fingerprint density at radius 1 is 1.08 bits per heavy atom. The average molecular weight is 578 g/mol. The predicted molar refractivity (Wildman–Crippen MR) is 149 cm³/mol. The number of carbonyl (C=O) groups is 1. The summed E-state index contributed by atoms with van der Waals surface area (Å²) < 4.78 is 5.35. The van der Waals surface area contributed by atoms with E-state index in [0.717, 1.165) is 11.1 Å². The number of para-hydroxylation sites is 1. The van der Waals surface area contributed by atoms with E-state index in [9.17, 15) is 24.9 Å². The van der Waals surface area contributed by atoms with Gasteiger partial charge in [0.2, 0.25) is 0 Å². The van der Waals surface area contributed by atoms with Crippen LogP contribution in [0.4, 0.5) is 11.4 Å². The number of fused-ring (bicyclic) bond motifs is 1. The molecule has 0 radical (unpaired) electrons. The number of phenols is 2. The Balaban J connectivity index is 0.000000267. The molecule has 39 heavy (non-hydrogen) atoms. The van der Waals surface area contributed by atoms with Crippen molar-refractivity contribution in [1.29, 1.82) is 0 Å². The SMILES string of the molecule is CC(C)=CCc1c(O)cc2oc(C)cc(=O)c2c1O.Cc1ccc(Cl)c(Nc2ccccc2C(=O)[O-])c1Cl.[Na+]. The molecule has 0 bridgehead atoms. The third kappa shape index (κ3) is 7.81. The van der Waals surface area contributed by atoms with Crippen molar-refractivity contribution in [2.75, 3.05) is 5.32 Å². The molecule has 0 aliphatic heterocycles. The van der Waals surface area contributed by atoms with E-state index in [2.05, 4.69) is 5.32 Å². The van der Waals surface area contributed by atoms with E-state index < -0.39 is 5.97 Å². The van der Waals surface area contributed by atoms with Gasteiger partial charge in [-0.3, -0.25) is 4.79 Å². The second-order valence-electron chi connectivity index (χ2n) is 8.81. The first-order valence-electron chi connectivity index (χ1n) is 11.5. The van der Waals surface area contributed by atoms with Gasteiger partial charge in [-0.05, 0) is 51.8 Å². The number of benzene rings is 3. The maximum atomic E-state index is 11.9. The molecular formula is C29H26Cl2NNaO6. The molecular weight excluding hydrogens is 552 g/mol. The summed E-state index contributed by atoms with van der Waals surface area (Å²) in [5.74, 6) is -1.10. The molecule has 3 aromatic carbocycles.